The van der Waals surface area contributed by atoms with E-state index in [1.165, 1.54) is 11.1 Å². The highest BCUT2D eigenvalue weighted by atomic mass is 16.3. The second-order valence-corrected chi connectivity index (χ2v) is 4.36. The number of pyridine rings is 1. The number of nitrogens with zero attached hydrogens (tertiary/aromatic N) is 1. The Kier molecular flexibility index (Phi) is 4.45. The van der Waals surface area contributed by atoms with Crippen LogP contribution in [-0.4, -0.2) is 10.1 Å². The molecule has 1 atom stereocenters. The van der Waals surface area contributed by atoms with Gasteiger partial charge in [0.1, 0.15) is 0 Å². The highest BCUT2D eigenvalue weighted by Crippen LogP contribution is 2.12. The first-order valence-electron chi connectivity index (χ1n) is 6.11. The second kappa shape index (κ2) is 6.28. The van der Waals surface area contributed by atoms with Crippen molar-refractivity contribution in [2.45, 2.75) is 26.1 Å². The maximum atomic E-state index is 8.97. The van der Waals surface area contributed by atoms with E-state index in [4.69, 9.17) is 5.11 Å². The molecule has 0 saturated carbocycles. The summed E-state index contributed by atoms with van der Waals surface area (Å²) in [7, 11) is 0. The van der Waals surface area contributed by atoms with Gasteiger partial charge < -0.3 is 10.4 Å². The van der Waals surface area contributed by atoms with Crippen LogP contribution in [-0.2, 0) is 13.2 Å². The molecule has 1 aromatic carbocycles. The molecule has 0 fully saturated rings. The van der Waals surface area contributed by atoms with Crippen molar-refractivity contribution < 1.29 is 5.11 Å². The van der Waals surface area contributed by atoms with Gasteiger partial charge in [-0.1, -0.05) is 24.3 Å². The van der Waals surface area contributed by atoms with Gasteiger partial charge in [-0.05, 0) is 35.7 Å². The largest absolute Gasteiger partial charge is 0.392 e. The second-order valence-electron chi connectivity index (χ2n) is 4.36. The molecule has 18 heavy (non-hydrogen) atoms. The minimum Gasteiger partial charge on any atom is -0.392 e. The van der Waals surface area contributed by atoms with E-state index in [-0.39, 0.29) is 6.61 Å². The summed E-state index contributed by atoms with van der Waals surface area (Å²) < 4.78 is 0. The summed E-state index contributed by atoms with van der Waals surface area (Å²) in [5.74, 6) is 0. The third kappa shape index (κ3) is 3.39. The molecule has 0 saturated heterocycles. The quantitative estimate of drug-likeness (QED) is 0.846. The van der Waals surface area contributed by atoms with Crippen molar-refractivity contribution in [3.05, 3.63) is 65.5 Å². The molecule has 94 valence electrons. The molecular weight excluding hydrogens is 224 g/mol. The fraction of sp³-hybridized carbons (Fsp3) is 0.267. The normalized spacial score (nSPS) is 12.3. The lowest BCUT2D eigenvalue weighted by molar-refractivity contribution is 0.282. The van der Waals surface area contributed by atoms with Crippen molar-refractivity contribution in [1.82, 2.24) is 10.3 Å². The molecule has 0 aliphatic rings. The Balaban J connectivity index is 1.91. The van der Waals surface area contributed by atoms with Gasteiger partial charge in [-0.25, -0.2) is 0 Å². The number of hydrogen-bond acceptors (Lipinski definition) is 3. The molecule has 0 aliphatic heterocycles. The summed E-state index contributed by atoms with van der Waals surface area (Å²) >= 11 is 0. The first-order chi connectivity index (χ1) is 8.79. The van der Waals surface area contributed by atoms with Crippen molar-refractivity contribution in [2.75, 3.05) is 0 Å². The van der Waals surface area contributed by atoms with Crippen molar-refractivity contribution in [3.8, 4) is 0 Å². The van der Waals surface area contributed by atoms with Crippen LogP contribution in [0.1, 0.15) is 29.7 Å². The summed E-state index contributed by atoms with van der Waals surface area (Å²) in [6.45, 7) is 3.05. The lowest BCUT2D eigenvalue weighted by atomic mass is 10.1. The molecule has 2 N–H and O–H groups in total. The molecule has 0 spiro atoms. The summed E-state index contributed by atoms with van der Waals surface area (Å²) in [6.07, 6.45) is 3.62. The van der Waals surface area contributed by atoms with Crippen LogP contribution >= 0.6 is 0 Å². The van der Waals surface area contributed by atoms with E-state index < -0.39 is 0 Å². The smallest absolute Gasteiger partial charge is 0.0681 e. The number of nitrogens with one attached hydrogen (secondary N) is 1. The highest BCUT2D eigenvalue weighted by molar-refractivity contribution is 5.22. The van der Waals surface area contributed by atoms with E-state index in [0.29, 0.717) is 6.04 Å². The molecule has 3 nitrogen and oxygen atoms in total. The number of benzene rings is 1. The monoisotopic (exact) mass is 242 g/mol. The maximum Gasteiger partial charge on any atom is 0.0681 e. The minimum absolute atomic E-state index is 0.0983. The van der Waals surface area contributed by atoms with Crippen LogP contribution in [0.2, 0.25) is 0 Å². The van der Waals surface area contributed by atoms with Crippen LogP contribution in [0.5, 0.6) is 0 Å². The van der Waals surface area contributed by atoms with Gasteiger partial charge in [-0.2, -0.15) is 0 Å². The molecule has 3 heteroatoms. The Morgan fingerprint density at radius 1 is 1.06 bits per heavy atom. The van der Waals surface area contributed by atoms with Gasteiger partial charge in [-0.15, -0.1) is 0 Å². The van der Waals surface area contributed by atoms with Crippen molar-refractivity contribution >= 4 is 0 Å². The lowest BCUT2D eigenvalue weighted by Gasteiger charge is -2.14. The van der Waals surface area contributed by atoms with Gasteiger partial charge in [0.2, 0.25) is 0 Å². The number of aromatic nitrogens is 1. The topological polar surface area (TPSA) is 45.1 Å². The molecule has 1 heterocycles. The van der Waals surface area contributed by atoms with Gasteiger partial charge >= 0.3 is 0 Å². The standard InChI is InChI=1S/C15H18N2O/c1-12(15-6-8-16-9-7-15)17-10-13-2-4-14(11-18)5-3-13/h2-9,12,17-18H,10-11H2,1H3/t12-/m0/s1. The first-order valence-corrected chi connectivity index (χ1v) is 6.11. The summed E-state index contributed by atoms with van der Waals surface area (Å²) in [4.78, 5) is 4.01. The molecule has 0 unspecified atom stereocenters. The zero-order valence-corrected chi connectivity index (χ0v) is 10.5. The molecule has 2 aromatic rings. The van der Waals surface area contributed by atoms with Crippen LogP contribution in [0.25, 0.3) is 0 Å². The maximum absolute atomic E-state index is 8.97. The van der Waals surface area contributed by atoms with Crippen molar-refractivity contribution in [3.63, 3.8) is 0 Å². The van der Waals surface area contributed by atoms with Crippen LogP contribution < -0.4 is 5.32 Å². The van der Waals surface area contributed by atoms with Crippen molar-refractivity contribution in [1.29, 1.82) is 0 Å². The molecule has 0 radical (unpaired) electrons. The fourth-order valence-corrected chi connectivity index (χ4v) is 1.80. The average Bonchev–Trinajstić information content (AvgIpc) is 2.46. The molecule has 0 bridgehead atoms. The Bertz CT molecular complexity index is 468. The van der Waals surface area contributed by atoms with Crippen LogP contribution in [0.4, 0.5) is 0 Å². The Hall–Kier alpha value is -1.71. The number of hydrogen-bond donors (Lipinski definition) is 2. The minimum atomic E-state index is 0.0983. The van der Waals surface area contributed by atoms with Crippen LogP contribution in [0.3, 0.4) is 0 Å². The zero-order chi connectivity index (χ0) is 12.8. The number of aliphatic hydroxyl groups excluding tert-OH is 1. The van der Waals surface area contributed by atoms with Gasteiger partial charge in [-0.3, -0.25) is 4.98 Å². The van der Waals surface area contributed by atoms with Crippen molar-refractivity contribution in [2.24, 2.45) is 0 Å². The predicted molar refractivity (Wildman–Crippen MR) is 71.9 cm³/mol. The number of aliphatic hydroxyl groups is 1. The SMILES string of the molecule is C[C@H](NCc1ccc(CO)cc1)c1ccncc1. The Morgan fingerprint density at radius 3 is 2.28 bits per heavy atom. The summed E-state index contributed by atoms with van der Waals surface area (Å²) in [5.41, 5.74) is 3.39. The van der Waals surface area contributed by atoms with E-state index in [0.717, 1.165) is 12.1 Å². The van der Waals surface area contributed by atoms with Gasteiger partial charge in [0.05, 0.1) is 6.61 Å². The summed E-state index contributed by atoms with van der Waals surface area (Å²) in [6, 6.07) is 12.3. The van der Waals surface area contributed by atoms with Gasteiger partial charge in [0, 0.05) is 25.0 Å². The zero-order valence-electron chi connectivity index (χ0n) is 10.5. The average molecular weight is 242 g/mol. The first kappa shape index (κ1) is 12.7. The predicted octanol–water partition coefficient (Wildman–Crippen LogP) is 2.42. The third-order valence-corrected chi connectivity index (χ3v) is 3.02. The van der Waals surface area contributed by atoms with Gasteiger partial charge in [0.15, 0.2) is 0 Å². The van der Waals surface area contributed by atoms with Crippen LogP contribution in [0.15, 0.2) is 48.8 Å². The molecule has 2 rings (SSSR count). The highest BCUT2D eigenvalue weighted by Gasteiger charge is 2.03. The Morgan fingerprint density at radius 2 is 1.67 bits per heavy atom. The fourth-order valence-electron chi connectivity index (χ4n) is 1.80. The van der Waals surface area contributed by atoms with E-state index in [2.05, 4.69) is 17.2 Å². The number of rotatable bonds is 5. The molecule has 0 aliphatic carbocycles. The van der Waals surface area contributed by atoms with Crippen LogP contribution in [0, 0.1) is 0 Å². The lowest BCUT2D eigenvalue weighted by Crippen LogP contribution is -2.18. The van der Waals surface area contributed by atoms with E-state index in [1.807, 2.05) is 48.8 Å². The third-order valence-electron chi connectivity index (χ3n) is 3.02. The molecule has 0 amide bonds. The van der Waals surface area contributed by atoms with E-state index in [9.17, 15) is 0 Å². The van der Waals surface area contributed by atoms with E-state index in [1.54, 1.807) is 0 Å². The van der Waals surface area contributed by atoms with E-state index >= 15 is 0 Å². The van der Waals surface area contributed by atoms with Gasteiger partial charge in [0.25, 0.3) is 0 Å². The summed E-state index contributed by atoms with van der Waals surface area (Å²) in [5, 5.41) is 12.4. The molecule has 1 aromatic heterocycles. The molecular formula is C15H18N2O. The Labute approximate surface area is 108 Å².